The third kappa shape index (κ3) is 2.48. The molecule has 2 aromatic rings. The van der Waals surface area contributed by atoms with Crippen LogP contribution in [0.1, 0.15) is 25.2 Å². The zero-order valence-corrected chi connectivity index (χ0v) is 11.1. The van der Waals surface area contributed by atoms with E-state index in [4.69, 9.17) is 0 Å². The smallest absolute Gasteiger partial charge is 0.247 e. The lowest BCUT2D eigenvalue weighted by atomic mass is 10.2. The predicted octanol–water partition coefficient (Wildman–Crippen LogP) is 2.64. The Hall–Kier alpha value is -2.05. The summed E-state index contributed by atoms with van der Waals surface area (Å²) in [6, 6.07) is 4.69. The number of hydrogen-bond donors (Lipinski definition) is 0. The van der Waals surface area contributed by atoms with E-state index in [1.54, 1.807) is 13.8 Å². The molecule has 0 aliphatic heterocycles. The molecule has 0 unspecified atom stereocenters. The van der Waals surface area contributed by atoms with Crippen LogP contribution < -0.4 is 5.69 Å². The van der Waals surface area contributed by atoms with Gasteiger partial charge in [0.05, 0.1) is 11.3 Å². The highest BCUT2D eigenvalue weighted by molar-refractivity contribution is 5.37. The Kier molecular flexibility index (Phi) is 3.69. The number of hydrogen-bond acceptors (Lipinski definition) is 2. The number of nitrogens with zero attached hydrogens (tertiary/aromatic N) is 3. The second kappa shape index (κ2) is 5.15. The number of aryl methyl sites for hydroxylation is 2. The van der Waals surface area contributed by atoms with Gasteiger partial charge in [0.25, 0.3) is 0 Å². The highest BCUT2D eigenvalue weighted by Crippen LogP contribution is 2.30. The van der Waals surface area contributed by atoms with Crippen molar-refractivity contribution >= 4 is 0 Å². The maximum Gasteiger partial charge on any atom is 0.416 e. The molecule has 7 heteroatoms. The normalized spacial score (nSPS) is 11.8. The second-order valence-electron chi connectivity index (χ2n) is 4.25. The molecule has 108 valence electrons. The third-order valence-electron chi connectivity index (χ3n) is 2.95. The van der Waals surface area contributed by atoms with Gasteiger partial charge in [0, 0.05) is 13.0 Å². The predicted molar refractivity (Wildman–Crippen MR) is 67.9 cm³/mol. The molecule has 1 heterocycles. The van der Waals surface area contributed by atoms with Crippen molar-refractivity contribution in [2.24, 2.45) is 0 Å². The lowest BCUT2D eigenvalue weighted by molar-refractivity contribution is -0.137. The van der Waals surface area contributed by atoms with Gasteiger partial charge in [-0.1, -0.05) is 13.0 Å². The second-order valence-corrected chi connectivity index (χ2v) is 4.25. The van der Waals surface area contributed by atoms with Crippen molar-refractivity contribution in [2.75, 3.05) is 0 Å². The quantitative estimate of drug-likeness (QED) is 0.869. The standard InChI is InChI=1S/C13H14F3N3O/c1-3-11-17-18(4-2)12(20)19(11)10-7-5-6-9(8-10)13(14,15)16/h5-8H,3-4H2,1-2H3. The van der Waals surface area contributed by atoms with Gasteiger partial charge in [0.1, 0.15) is 5.82 Å². The van der Waals surface area contributed by atoms with Crippen molar-refractivity contribution in [3.05, 3.63) is 46.1 Å². The fourth-order valence-electron chi connectivity index (χ4n) is 1.97. The summed E-state index contributed by atoms with van der Waals surface area (Å²) < 4.78 is 40.6. The van der Waals surface area contributed by atoms with Gasteiger partial charge < -0.3 is 0 Å². The van der Waals surface area contributed by atoms with Crippen molar-refractivity contribution in [3.8, 4) is 5.69 Å². The molecule has 20 heavy (non-hydrogen) atoms. The number of halogens is 3. The van der Waals surface area contributed by atoms with E-state index >= 15 is 0 Å². The van der Waals surface area contributed by atoms with Gasteiger partial charge in [-0.15, -0.1) is 0 Å². The summed E-state index contributed by atoms with van der Waals surface area (Å²) in [4.78, 5) is 12.1. The number of benzene rings is 1. The lowest BCUT2D eigenvalue weighted by Gasteiger charge is -2.09. The molecule has 0 N–H and O–H groups in total. The molecule has 0 aliphatic rings. The third-order valence-corrected chi connectivity index (χ3v) is 2.95. The molecule has 0 saturated carbocycles. The summed E-state index contributed by atoms with van der Waals surface area (Å²) in [5.74, 6) is 0.441. The molecular formula is C13H14F3N3O. The highest BCUT2D eigenvalue weighted by Gasteiger charge is 2.30. The van der Waals surface area contributed by atoms with Gasteiger partial charge in [0.15, 0.2) is 0 Å². The molecule has 4 nitrogen and oxygen atoms in total. The number of alkyl halides is 3. The average Bonchev–Trinajstić information content (AvgIpc) is 2.74. The van der Waals surface area contributed by atoms with Crippen molar-refractivity contribution < 1.29 is 13.2 Å². The van der Waals surface area contributed by atoms with E-state index < -0.39 is 17.4 Å². The Morgan fingerprint density at radius 2 is 1.95 bits per heavy atom. The van der Waals surface area contributed by atoms with Crippen molar-refractivity contribution in [1.29, 1.82) is 0 Å². The first-order chi connectivity index (χ1) is 9.38. The Bertz CT molecular complexity index is 670. The fourth-order valence-corrected chi connectivity index (χ4v) is 1.97. The molecule has 0 fully saturated rings. The molecule has 1 aromatic carbocycles. The average molecular weight is 285 g/mol. The van der Waals surface area contributed by atoms with Crippen LogP contribution in [0.25, 0.3) is 5.69 Å². The van der Waals surface area contributed by atoms with E-state index in [-0.39, 0.29) is 5.69 Å². The molecule has 0 spiro atoms. The van der Waals surface area contributed by atoms with E-state index in [1.807, 2.05) is 0 Å². The Balaban J connectivity index is 2.63. The van der Waals surface area contributed by atoms with Crippen molar-refractivity contribution in [2.45, 2.75) is 33.0 Å². The molecule has 1 aromatic heterocycles. The summed E-state index contributed by atoms with van der Waals surface area (Å²) >= 11 is 0. The van der Waals surface area contributed by atoms with Crippen LogP contribution in [0.3, 0.4) is 0 Å². The molecule has 0 saturated heterocycles. The van der Waals surface area contributed by atoms with Gasteiger partial charge in [0.2, 0.25) is 0 Å². The van der Waals surface area contributed by atoms with Gasteiger partial charge in [-0.2, -0.15) is 18.3 Å². The molecular weight excluding hydrogens is 271 g/mol. The van der Waals surface area contributed by atoms with Crippen LogP contribution in [0.15, 0.2) is 29.1 Å². The van der Waals surface area contributed by atoms with Crippen molar-refractivity contribution in [3.63, 3.8) is 0 Å². The summed E-state index contributed by atoms with van der Waals surface area (Å²) in [6.07, 6.45) is -3.98. The molecule has 2 rings (SSSR count). The monoisotopic (exact) mass is 285 g/mol. The summed E-state index contributed by atoms with van der Waals surface area (Å²) in [5, 5.41) is 4.10. The lowest BCUT2D eigenvalue weighted by Crippen LogP contribution is -2.24. The van der Waals surface area contributed by atoms with E-state index in [2.05, 4.69) is 5.10 Å². The molecule has 0 bridgehead atoms. The van der Waals surface area contributed by atoms with Crippen molar-refractivity contribution in [1.82, 2.24) is 14.3 Å². The maximum absolute atomic E-state index is 12.7. The molecule has 0 aliphatic carbocycles. The Morgan fingerprint density at radius 1 is 1.25 bits per heavy atom. The van der Waals surface area contributed by atoms with Crippen LogP contribution in [0, 0.1) is 0 Å². The summed E-state index contributed by atoms with van der Waals surface area (Å²) in [5.41, 5.74) is -1.03. The van der Waals surface area contributed by atoms with Crippen LogP contribution in [0.4, 0.5) is 13.2 Å². The zero-order chi connectivity index (χ0) is 14.9. The molecule has 0 radical (unpaired) electrons. The van der Waals surface area contributed by atoms with E-state index in [1.165, 1.54) is 21.4 Å². The van der Waals surface area contributed by atoms with E-state index in [0.29, 0.717) is 18.8 Å². The van der Waals surface area contributed by atoms with E-state index in [0.717, 1.165) is 12.1 Å². The summed E-state index contributed by atoms with van der Waals surface area (Å²) in [7, 11) is 0. The minimum atomic E-state index is -4.44. The largest absolute Gasteiger partial charge is 0.416 e. The van der Waals surface area contributed by atoms with Gasteiger partial charge in [-0.3, -0.25) is 0 Å². The first-order valence-corrected chi connectivity index (χ1v) is 6.24. The van der Waals surface area contributed by atoms with Crippen LogP contribution in [0.2, 0.25) is 0 Å². The summed E-state index contributed by atoms with van der Waals surface area (Å²) in [6.45, 7) is 3.92. The first kappa shape index (κ1) is 14.4. The van der Waals surface area contributed by atoms with Crippen LogP contribution >= 0.6 is 0 Å². The SMILES string of the molecule is CCc1nn(CC)c(=O)n1-c1cccc(C(F)(F)F)c1. The minimum absolute atomic E-state index is 0.182. The number of aromatic nitrogens is 3. The zero-order valence-electron chi connectivity index (χ0n) is 11.1. The topological polar surface area (TPSA) is 39.8 Å². The van der Waals surface area contributed by atoms with Crippen LogP contribution in [-0.2, 0) is 19.1 Å². The minimum Gasteiger partial charge on any atom is -0.247 e. The number of rotatable bonds is 3. The van der Waals surface area contributed by atoms with Gasteiger partial charge in [-0.25, -0.2) is 14.0 Å². The maximum atomic E-state index is 12.7. The first-order valence-electron chi connectivity index (χ1n) is 6.24. The van der Waals surface area contributed by atoms with E-state index in [9.17, 15) is 18.0 Å². The molecule has 0 amide bonds. The van der Waals surface area contributed by atoms with Gasteiger partial charge in [-0.05, 0) is 25.1 Å². The highest BCUT2D eigenvalue weighted by atomic mass is 19.4. The van der Waals surface area contributed by atoms with Crippen LogP contribution in [-0.4, -0.2) is 14.3 Å². The fraction of sp³-hybridized carbons (Fsp3) is 0.385. The Morgan fingerprint density at radius 3 is 2.50 bits per heavy atom. The Labute approximate surface area is 113 Å². The van der Waals surface area contributed by atoms with Gasteiger partial charge >= 0.3 is 11.9 Å². The van der Waals surface area contributed by atoms with Crippen LogP contribution in [0.5, 0.6) is 0 Å². The molecule has 0 atom stereocenters.